The molecule has 0 fully saturated rings. The Bertz CT molecular complexity index is 768. The van der Waals surface area contributed by atoms with Crippen LogP contribution in [0.25, 0.3) is 11.0 Å². The third-order valence-electron chi connectivity index (χ3n) is 3.99. The SMILES string of the molecule is CCC1Cc2c(ccc3c2ncn3C(=O)OC(C)(C)C)C1=O. The Balaban J connectivity index is 2.05. The molecule has 1 aromatic heterocycles. The smallest absolute Gasteiger partial charge is 0.420 e. The van der Waals surface area contributed by atoms with E-state index in [1.807, 2.05) is 27.7 Å². The van der Waals surface area contributed by atoms with E-state index in [0.29, 0.717) is 11.9 Å². The Labute approximate surface area is 129 Å². The number of benzene rings is 1. The highest BCUT2D eigenvalue weighted by Crippen LogP contribution is 2.33. The van der Waals surface area contributed by atoms with E-state index in [1.54, 1.807) is 12.1 Å². The zero-order valence-electron chi connectivity index (χ0n) is 13.3. The molecule has 1 aliphatic rings. The van der Waals surface area contributed by atoms with E-state index in [1.165, 1.54) is 10.9 Å². The Morgan fingerprint density at radius 1 is 1.41 bits per heavy atom. The van der Waals surface area contributed by atoms with Crippen LogP contribution in [0, 0.1) is 5.92 Å². The Kier molecular flexibility index (Phi) is 3.31. The van der Waals surface area contributed by atoms with Gasteiger partial charge < -0.3 is 4.74 Å². The van der Waals surface area contributed by atoms with Crippen molar-refractivity contribution < 1.29 is 14.3 Å². The lowest BCUT2D eigenvalue weighted by Crippen LogP contribution is -2.26. The zero-order valence-corrected chi connectivity index (χ0v) is 13.3. The van der Waals surface area contributed by atoms with Crippen LogP contribution < -0.4 is 0 Å². The topological polar surface area (TPSA) is 61.2 Å². The van der Waals surface area contributed by atoms with Crippen LogP contribution in [0.15, 0.2) is 18.5 Å². The van der Waals surface area contributed by atoms with Crippen LogP contribution in [0.1, 0.15) is 50.0 Å². The third kappa shape index (κ3) is 2.30. The summed E-state index contributed by atoms with van der Waals surface area (Å²) in [6.07, 6.45) is 2.55. The molecular weight excluding hydrogens is 280 g/mol. The molecular formula is C17H20N2O3. The molecule has 0 amide bonds. The predicted molar refractivity (Wildman–Crippen MR) is 83.2 cm³/mol. The van der Waals surface area contributed by atoms with E-state index < -0.39 is 11.7 Å². The molecule has 0 aliphatic heterocycles. The zero-order chi connectivity index (χ0) is 16.1. The molecule has 0 radical (unpaired) electrons. The van der Waals surface area contributed by atoms with E-state index in [0.717, 1.165) is 23.1 Å². The maximum absolute atomic E-state index is 12.3. The average molecular weight is 300 g/mol. The van der Waals surface area contributed by atoms with E-state index in [-0.39, 0.29) is 11.7 Å². The van der Waals surface area contributed by atoms with E-state index >= 15 is 0 Å². The average Bonchev–Trinajstić information content (AvgIpc) is 2.98. The summed E-state index contributed by atoms with van der Waals surface area (Å²) in [5.41, 5.74) is 2.56. The first kappa shape index (κ1) is 14.8. The number of imidazole rings is 1. The monoisotopic (exact) mass is 300 g/mol. The lowest BCUT2D eigenvalue weighted by Gasteiger charge is -2.19. The molecule has 1 heterocycles. The second-order valence-electron chi connectivity index (χ2n) is 6.73. The van der Waals surface area contributed by atoms with Crippen molar-refractivity contribution in [2.75, 3.05) is 0 Å². The summed E-state index contributed by atoms with van der Waals surface area (Å²) >= 11 is 0. The highest BCUT2D eigenvalue weighted by Gasteiger charge is 2.32. The number of Topliss-reactive ketones (excluding diaryl/α,β-unsaturated/α-hetero) is 1. The van der Waals surface area contributed by atoms with Crippen molar-refractivity contribution in [3.63, 3.8) is 0 Å². The minimum atomic E-state index is -0.562. The van der Waals surface area contributed by atoms with Crippen LogP contribution in [-0.4, -0.2) is 27.0 Å². The first-order valence-corrected chi connectivity index (χ1v) is 7.58. The van der Waals surface area contributed by atoms with Gasteiger partial charge in [0, 0.05) is 11.5 Å². The number of fused-ring (bicyclic) bond motifs is 3. The van der Waals surface area contributed by atoms with Gasteiger partial charge in [0.25, 0.3) is 0 Å². The molecule has 2 aromatic rings. The summed E-state index contributed by atoms with van der Waals surface area (Å²) in [5.74, 6) is 0.221. The summed E-state index contributed by atoms with van der Waals surface area (Å²) in [4.78, 5) is 28.9. The number of nitrogens with zero attached hydrogens (tertiary/aromatic N) is 2. The minimum Gasteiger partial charge on any atom is -0.443 e. The second kappa shape index (κ2) is 4.93. The molecule has 1 unspecified atom stereocenters. The highest BCUT2D eigenvalue weighted by atomic mass is 16.6. The van der Waals surface area contributed by atoms with Crippen molar-refractivity contribution in [2.24, 2.45) is 5.92 Å². The van der Waals surface area contributed by atoms with Gasteiger partial charge in [0.2, 0.25) is 0 Å². The molecule has 22 heavy (non-hydrogen) atoms. The Hall–Kier alpha value is -2.17. The standard InChI is InChI=1S/C17H20N2O3/c1-5-10-8-12-11(15(10)20)6-7-13-14(12)18-9-19(13)16(21)22-17(2,3)4/h6-7,9-10H,5,8H2,1-4H3. The summed E-state index contributed by atoms with van der Waals surface area (Å²) in [6.45, 7) is 7.50. The number of ether oxygens (including phenoxy) is 1. The third-order valence-corrected chi connectivity index (χ3v) is 3.99. The molecule has 3 rings (SSSR count). The maximum atomic E-state index is 12.3. The fourth-order valence-corrected chi connectivity index (χ4v) is 2.92. The van der Waals surface area contributed by atoms with E-state index in [9.17, 15) is 9.59 Å². The van der Waals surface area contributed by atoms with E-state index in [4.69, 9.17) is 4.74 Å². The maximum Gasteiger partial charge on any atom is 0.420 e. The van der Waals surface area contributed by atoms with Gasteiger partial charge in [0.1, 0.15) is 11.9 Å². The van der Waals surface area contributed by atoms with Gasteiger partial charge in [0.15, 0.2) is 5.78 Å². The van der Waals surface area contributed by atoms with Crippen molar-refractivity contribution in [2.45, 2.75) is 46.1 Å². The summed E-state index contributed by atoms with van der Waals surface area (Å²) in [6, 6.07) is 3.58. The lowest BCUT2D eigenvalue weighted by atomic mass is 10.0. The van der Waals surface area contributed by atoms with Crippen LogP contribution in [0.4, 0.5) is 4.79 Å². The van der Waals surface area contributed by atoms with Crippen LogP contribution in [0.3, 0.4) is 0 Å². The largest absolute Gasteiger partial charge is 0.443 e. The second-order valence-corrected chi connectivity index (χ2v) is 6.73. The first-order chi connectivity index (χ1) is 10.3. The van der Waals surface area contributed by atoms with Crippen LogP contribution >= 0.6 is 0 Å². The number of hydrogen-bond donors (Lipinski definition) is 0. The van der Waals surface area contributed by atoms with Gasteiger partial charge in [0.05, 0.1) is 11.0 Å². The van der Waals surface area contributed by atoms with Crippen molar-refractivity contribution in [1.29, 1.82) is 0 Å². The molecule has 0 saturated heterocycles. The van der Waals surface area contributed by atoms with Gasteiger partial charge in [-0.3, -0.25) is 4.79 Å². The molecule has 1 atom stereocenters. The number of carbonyl (C=O) groups is 2. The normalized spacial score (nSPS) is 17.8. The number of hydrogen-bond acceptors (Lipinski definition) is 4. The van der Waals surface area contributed by atoms with Crippen LogP contribution in [0.2, 0.25) is 0 Å². The van der Waals surface area contributed by atoms with E-state index in [2.05, 4.69) is 4.98 Å². The molecule has 0 spiro atoms. The molecule has 5 heteroatoms. The first-order valence-electron chi connectivity index (χ1n) is 7.58. The van der Waals surface area contributed by atoms with Gasteiger partial charge in [-0.1, -0.05) is 6.92 Å². The van der Waals surface area contributed by atoms with Crippen molar-refractivity contribution in [3.8, 4) is 0 Å². The summed E-state index contributed by atoms with van der Waals surface area (Å²) < 4.78 is 6.80. The number of ketones is 1. The van der Waals surface area contributed by atoms with Gasteiger partial charge in [-0.05, 0) is 51.3 Å². The fraction of sp³-hybridized carbons (Fsp3) is 0.471. The van der Waals surface area contributed by atoms with Crippen molar-refractivity contribution in [1.82, 2.24) is 9.55 Å². The van der Waals surface area contributed by atoms with Crippen molar-refractivity contribution >= 4 is 22.9 Å². The number of carbonyl (C=O) groups excluding carboxylic acids is 2. The predicted octanol–water partition coefficient (Wildman–Crippen LogP) is 3.58. The molecule has 0 saturated carbocycles. The summed E-state index contributed by atoms with van der Waals surface area (Å²) in [5, 5.41) is 0. The van der Waals surface area contributed by atoms with Gasteiger partial charge in [-0.15, -0.1) is 0 Å². The molecule has 1 aromatic carbocycles. The molecule has 1 aliphatic carbocycles. The molecule has 116 valence electrons. The van der Waals surface area contributed by atoms with Crippen LogP contribution in [0.5, 0.6) is 0 Å². The van der Waals surface area contributed by atoms with Crippen molar-refractivity contribution in [3.05, 3.63) is 29.6 Å². The number of rotatable bonds is 1. The Morgan fingerprint density at radius 3 is 2.77 bits per heavy atom. The molecule has 0 bridgehead atoms. The van der Waals surface area contributed by atoms with Gasteiger partial charge >= 0.3 is 6.09 Å². The quantitative estimate of drug-likeness (QED) is 0.807. The van der Waals surface area contributed by atoms with Crippen LogP contribution in [-0.2, 0) is 11.2 Å². The minimum absolute atomic E-state index is 0.0345. The molecule has 0 N–H and O–H groups in total. The number of aromatic nitrogens is 2. The van der Waals surface area contributed by atoms with Gasteiger partial charge in [-0.25, -0.2) is 14.3 Å². The van der Waals surface area contributed by atoms with Gasteiger partial charge in [-0.2, -0.15) is 0 Å². The summed E-state index contributed by atoms with van der Waals surface area (Å²) in [7, 11) is 0. The Morgan fingerprint density at radius 2 is 2.14 bits per heavy atom. The lowest BCUT2D eigenvalue weighted by molar-refractivity contribution is 0.0543. The molecule has 5 nitrogen and oxygen atoms in total. The highest BCUT2D eigenvalue weighted by molar-refractivity contribution is 6.06. The fourth-order valence-electron chi connectivity index (χ4n) is 2.92.